The molecular weight excluding hydrogens is 439 g/mol. The number of hydrogen-bond acceptors (Lipinski definition) is 4. The highest BCUT2D eigenvalue weighted by molar-refractivity contribution is 6.01. The Balaban J connectivity index is 2.17. The van der Waals surface area contributed by atoms with Crippen molar-refractivity contribution in [2.45, 2.75) is 46.3 Å². The number of anilines is 2. The maximum absolute atomic E-state index is 14.1. The largest absolute Gasteiger partial charge is 0.444 e. The second-order valence-electron chi connectivity index (χ2n) is 8.60. The molecule has 0 heterocycles. The molecule has 7 nitrogen and oxygen atoms in total. The minimum absolute atomic E-state index is 0.115. The van der Waals surface area contributed by atoms with Crippen LogP contribution < -0.4 is 16.0 Å². The average molecular weight is 465 g/mol. The van der Waals surface area contributed by atoms with Crippen molar-refractivity contribution in [2.75, 3.05) is 10.6 Å². The van der Waals surface area contributed by atoms with Crippen LogP contribution in [0.1, 0.15) is 45.0 Å². The highest BCUT2D eigenvalue weighted by Crippen LogP contribution is 2.22. The molecule has 2 rings (SSSR count). The number of nitrogens with one attached hydrogen (secondary N) is 3. The summed E-state index contributed by atoms with van der Waals surface area (Å²) in [4.78, 5) is 37.1. The number of rotatable bonds is 6. The molecule has 10 heteroatoms. The van der Waals surface area contributed by atoms with Crippen molar-refractivity contribution in [3.63, 3.8) is 0 Å². The minimum atomic E-state index is -1.16. The van der Waals surface area contributed by atoms with Crippen LogP contribution in [0.15, 0.2) is 36.4 Å². The van der Waals surface area contributed by atoms with Gasteiger partial charge in [0.2, 0.25) is 5.91 Å². The van der Waals surface area contributed by atoms with Gasteiger partial charge in [0.1, 0.15) is 34.7 Å². The fraction of sp³-hybridized carbons (Fsp3) is 0.348. The van der Waals surface area contributed by atoms with Gasteiger partial charge in [-0.25, -0.2) is 18.0 Å². The second kappa shape index (κ2) is 10.4. The first-order valence-electron chi connectivity index (χ1n) is 10.1. The van der Waals surface area contributed by atoms with Crippen LogP contribution in [0.25, 0.3) is 0 Å². The lowest BCUT2D eigenvalue weighted by molar-refractivity contribution is -0.118. The van der Waals surface area contributed by atoms with E-state index in [1.807, 2.05) is 0 Å². The molecule has 0 bridgehead atoms. The van der Waals surface area contributed by atoms with E-state index in [0.29, 0.717) is 0 Å². The van der Waals surface area contributed by atoms with Crippen molar-refractivity contribution in [3.05, 3.63) is 59.4 Å². The van der Waals surface area contributed by atoms with Gasteiger partial charge in [0.25, 0.3) is 5.91 Å². The quantitative estimate of drug-likeness (QED) is 0.569. The van der Waals surface area contributed by atoms with Gasteiger partial charge in [-0.1, -0.05) is 19.9 Å². The van der Waals surface area contributed by atoms with E-state index in [1.165, 1.54) is 12.1 Å². The van der Waals surface area contributed by atoms with E-state index < -0.39 is 58.5 Å². The van der Waals surface area contributed by atoms with Crippen molar-refractivity contribution in [1.29, 1.82) is 0 Å². The summed E-state index contributed by atoms with van der Waals surface area (Å²) in [6.45, 7) is 8.19. The molecule has 0 radical (unpaired) electrons. The lowest BCUT2D eigenvalue weighted by atomic mass is 10.0. The molecule has 0 fully saturated rings. The smallest absolute Gasteiger partial charge is 0.412 e. The topological polar surface area (TPSA) is 96.5 Å². The summed E-state index contributed by atoms with van der Waals surface area (Å²) in [6.07, 6.45) is -0.885. The Morgan fingerprint density at radius 1 is 0.909 bits per heavy atom. The van der Waals surface area contributed by atoms with Gasteiger partial charge in [0.05, 0.1) is 5.69 Å². The van der Waals surface area contributed by atoms with Gasteiger partial charge in [-0.05, 0) is 57.0 Å². The molecule has 0 aliphatic carbocycles. The molecule has 33 heavy (non-hydrogen) atoms. The molecule has 0 aliphatic rings. The average Bonchev–Trinajstić information content (AvgIpc) is 2.66. The van der Waals surface area contributed by atoms with Crippen LogP contribution in [0.2, 0.25) is 0 Å². The van der Waals surface area contributed by atoms with E-state index in [1.54, 1.807) is 34.6 Å². The Morgan fingerprint density at radius 2 is 1.52 bits per heavy atom. The Hall–Kier alpha value is -3.56. The molecule has 0 unspecified atom stereocenters. The van der Waals surface area contributed by atoms with Crippen molar-refractivity contribution >= 4 is 29.3 Å². The maximum Gasteiger partial charge on any atom is 0.412 e. The number of amides is 3. The first-order valence-corrected chi connectivity index (χ1v) is 10.1. The lowest BCUT2D eigenvalue weighted by Gasteiger charge is -2.22. The van der Waals surface area contributed by atoms with E-state index in [9.17, 15) is 27.6 Å². The van der Waals surface area contributed by atoms with Gasteiger partial charge in [-0.2, -0.15) is 0 Å². The third kappa shape index (κ3) is 7.23. The third-order valence-corrected chi connectivity index (χ3v) is 4.30. The zero-order chi connectivity index (χ0) is 24.9. The molecule has 0 spiro atoms. The molecule has 2 aromatic rings. The van der Waals surface area contributed by atoms with Crippen molar-refractivity contribution < 1.29 is 32.3 Å². The number of halogens is 3. The predicted molar refractivity (Wildman–Crippen MR) is 117 cm³/mol. The number of carbonyl (C=O) groups excluding carboxylic acids is 3. The SMILES string of the molecule is CC(C)[C@H](NC(=O)c1c(F)cccc1F)C(=O)Nc1ccc(F)c(NC(=O)OC(C)(C)C)c1. The molecule has 3 amide bonds. The third-order valence-electron chi connectivity index (χ3n) is 4.30. The fourth-order valence-corrected chi connectivity index (χ4v) is 2.80. The summed E-state index contributed by atoms with van der Waals surface area (Å²) in [7, 11) is 0. The van der Waals surface area contributed by atoms with E-state index in [2.05, 4.69) is 16.0 Å². The van der Waals surface area contributed by atoms with Crippen LogP contribution in [0.5, 0.6) is 0 Å². The number of hydrogen-bond donors (Lipinski definition) is 3. The van der Waals surface area contributed by atoms with Crippen LogP contribution in [-0.4, -0.2) is 29.6 Å². The molecule has 0 aromatic heterocycles. The standard InChI is InChI=1S/C23H26F3N3O4/c1-12(2)19(29-20(30)18-15(25)7-6-8-16(18)26)21(31)27-13-9-10-14(24)17(11-13)28-22(32)33-23(3,4)5/h6-12,19H,1-5H3,(H,27,31)(H,28,32)(H,29,30)/t19-/m0/s1. The Kier molecular flexibility index (Phi) is 8.08. The van der Waals surface area contributed by atoms with Gasteiger partial charge in [-0.3, -0.25) is 14.9 Å². The Morgan fingerprint density at radius 3 is 2.06 bits per heavy atom. The maximum atomic E-state index is 14.1. The summed E-state index contributed by atoms with van der Waals surface area (Å²) in [5, 5.41) is 7.08. The zero-order valence-corrected chi connectivity index (χ0v) is 18.9. The van der Waals surface area contributed by atoms with E-state index in [-0.39, 0.29) is 11.4 Å². The van der Waals surface area contributed by atoms with E-state index in [4.69, 9.17) is 4.74 Å². The van der Waals surface area contributed by atoms with Crippen LogP contribution in [0.3, 0.4) is 0 Å². The summed E-state index contributed by atoms with van der Waals surface area (Å²) in [5.41, 5.74) is -1.72. The highest BCUT2D eigenvalue weighted by atomic mass is 19.1. The van der Waals surface area contributed by atoms with Gasteiger partial charge >= 0.3 is 6.09 Å². The molecule has 2 aromatic carbocycles. The molecule has 1 atom stereocenters. The number of carbonyl (C=O) groups is 3. The molecule has 0 saturated heterocycles. The van der Waals surface area contributed by atoms with Crippen LogP contribution in [-0.2, 0) is 9.53 Å². The van der Waals surface area contributed by atoms with Gasteiger partial charge < -0.3 is 15.4 Å². The summed E-state index contributed by atoms with van der Waals surface area (Å²) < 4.78 is 47.0. The monoisotopic (exact) mass is 465 g/mol. The normalized spacial score (nSPS) is 12.2. The van der Waals surface area contributed by atoms with Gasteiger partial charge in [0, 0.05) is 5.69 Å². The van der Waals surface area contributed by atoms with Crippen LogP contribution in [0.4, 0.5) is 29.3 Å². The molecule has 178 valence electrons. The first kappa shape index (κ1) is 25.7. The highest BCUT2D eigenvalue weighted by Gasteiger charge is 2.27. The lowest BCUT2D eigenvalue weighted by Crippen LogP contribution is -2.47. The number of benzene rings is 2. The second-order valence-corrected chi connectivity index (χ2v) is 8.60. The minimum Gasteiger partial charge on any atom is -0.444 e. The fourth-order valence-electron chi connectivity index (χ4n) is 2.80. The Labute approximate surface area is 189 Å². The number of ether oxygens (including phenoxy) is 1. The van der Waals surface area contributed by atoms with Crippen molar-refractivity contribution in [3.8, 4) is 0 Å². The van der Waals surface area contributed by atoms with Crippen LogP contribution >= 0.6 is 0 Å². The van der Waals surface area contributed by atoms with Gasteiger partial charge in [0.15, 0.2) is 0 Å². The molecular formula is C23H26F3N3O4. The van der Waals surface area contributed by atoms with Crippen molar-refractivity contribution in [2.24, 2.45) is 5.92 Å². The van der Waals surface area contributed by atoms with Crippen LogP contribution in [0, 0.1) is 23.4 Å². The van der Waals surface area contributed by atoms with E-state index >= 15 is 0 Å². The molecule has 0 aliphatic heterocycles. The summed E-state index contributed by atoms with van der Waals surface area (Å²) in [6, 6.07) is 5.27. The molecule has 0 saturated carbocycles. The van der Waals surface area contributed by atoms with E-state index in [0.717, 1.165) is 24.3 Å². The Bertz CT molecular complexity index is 1030. The molecule has 3 N–H and O–H groups in total. The van der Waals surface area contributed by atoms with Gasteiger partial charge in [-0.15, -0.1) is 0 Å². The zero-order valence-electron chi connectivity index (χ0n) is 18.9. The summed E-state index contributed by atoms with van der Waals surface area (Å²) in [5.74, 6) is -5.14. The summed E-state index contributed by atoms with van der Waals surface area (Å²) >= 11 is 0. The van der Waals surface area contributed by atoms with Crippen molar-refractivity contribution in [1.82, 2.24) is 5.32 Å². The predicted octanol–water partition coefficient (Wildman–Crippen LogP) is 4.84. The first-order chi connectivity index (χ1) is 15.3.